The highest BCUT2D eigenvalue weighted by atomic mass is 35.5. The number of ether oxygens (including phenoxy) is 3. The van der Waals surface area contributed by atoms with Gasteiger partial charge in [0.25, 0.3) is 0 Å². The van der Waals surface area contributed by atoms with Gasteiger partial charge in [0.15, 0.2) is 5.78 Å². The number of amides is 2. The number of aryl methyl sites for hydroxylation is 1. The molecule has 2 aliphatic heterocycles. The summed E-state index contributed by atoms with van der Waals surface area (Å²) in [6.07, 6.45) is 8.28. The first kappa shape index (κ1) is 44.5. The third kappa shape index (κ3) is 9.05. The van der Waals surface area contributed by atoms with E-state index in [1.807, 2.05) is 6.08 Å². The number of aliphatic hydroxyl groups is 1. The molecule has 13 nitrogen and oxygen atoms in total. The summed E-state index contributed by atoms with van der Waals surface area (Å²) in [6.45, 7) is 14.0. The van der Waals surface area contributed by atoms with Gasteiger partial charge < -0.3 is 24.2 Å². The number of rotatable bonds is 18. The molecule has 322 valence electrons. The van der Waals surface area contributed by atoms with Gasteiger partial charge >= 0.3 is 5.97 Å². The molecule has 2 N–H and O–H groups in total. The molecule has 2 saturated carbocycles. The van der Waals surface area contributed by atoms with E-state index in [9.17, 15) is 32.7 Å². The molecule has 59 heavy (non-hydrogen) atoms. The molecule has 4 aliphatic rings. The van der Waals surface area contributed by atoms with Gasteiger partial charge in [-0.3, -0.25) is 23.9 Å². The fourth-order valence-corrected chi connectivity index (χ4v) is 10.5. The molecule has 0 radical (unpaired) electrons. The quantitative estimate of drug-likeness (QED) is 0.0928. The molecule has 1 saturated heterocycles. The first-order valence-electron chi connectivity index (χ1n) is 20.6. The molecule has 1 aromatic heterocycles. The van der Waals surface area contributed by atoms with Crippen molar-refractivity contribution in [1.82, 2.24) is 14.6 Å². The summed E-state index contributed by atoms with van der Waals surface area (Å²) in [5, 5.41) is 11.5. The van der Waals surface area contributed by atoms with E-state index in [4.69, 9.17) is 25.8 Å². The van der Waals surface area contributed by atoms with Crippen molar-refractivity contribution in [3.05, 3.63) is 53.7 Å². The number of fused-ring (bicyclic) bond motifs is 3. The van der Waals surface area contributed by atoms with E-state index in [2.05, 4.69) is 22.9 Å². The van der Waals surface area contributed by atoms with Crippen LogP contribution in [0.15, 0.2) is 37.4 Å². The van der Waals surface area contributed by atoms with E-state index in [1.165, 1.54) is 12.0 Å². The van der Waals surface area contributed by atoms with Gasteiger partial charge in [-0.25, -0.2) is 13.4 Å². The van der Waals surface area contributed by atoms with Gasteiger partial charge in [-0.15, -0.1) is 13.2 Å². The zero-order valence-electron chi connectivity index (χ0n) is 34.9. The Morgan fingerprint density at radius 2 is 1.86 bits per heavy atom. The third-order valence-electron chi connectivity index (χ3n) is 12.6. The average Bonchev–Trinajstić information content (AvgIpc) is 4.07. The van der Waals surface area contributed by atoms with Gasteiger partial charge in [0, 0.05) is 29.7 Å². The van der Waals surface area contributed by atoms with Crippen molar-refractivity contribution >= 4 is 56.1 Å². The second-order valence-corrected chi connectivity index (χ2v) is 20.7. The highest BCUT2D eigenvalue weighted by molar-refractivity contribution is 7.91. The Balaban J connectivity index is 1.36. The Hall–Kier alpha value is -4.01. The topological polar surface area (TPSA) is 178 Å². The van der Waals surface area contributed by atoms with Crippen molar-refractivity contribution in [3.8, 4) is 11.5 Å². The maximum atomic E-state index is 14.9. The first-order valence-corrected chi connectivity index (χ1v) is 22.5. The smallest absolute Gasteiger partial charge is 0.307 e. The number of hydrogen-bond acceptors (Lipinski definition) is 11. The fourth-order valence-electron chi connectivity index (χ4n) is 8.77. The van der Waals surface area contributed by atoms with Crippen molar-refractivity contribution < 1.29 is 46.9 Å². The summed E-state index contributed by atoms with van der Waals surface area (Å²) < 4.78 is 45.6. The molecule has 5 atom stereocenters. The number of carbonyl (C=O) groups is 4. The molecular formula is C44H58ClN3O10S. The van der Waals surface area contributed by atoms with Crippen LogP contribution in [0.2, 0.25) is 5.02 Å². The number of hydrogen-bond donors (Lipinski definition) is 2. The summed E-state index contributed by atoms with van der Waals surface area (Å²) in [5.74, 6) is -2.62. The van der Waals surface area contributed by atoms with Crippen LogP contribution in [0.25, 0.3) is 10.9 Å². The van der Waals surface area contributed by atoms with Gasteiger partial charge in [-0.1, -0.05) is 36.6 Å². The average molecular weight is 856 g/mol. The lowest BCUT2D eigenvalue weighted by molar-refractivity contribution is -0.159. The van der Waals surface area contributed by atoms with Crippen molar-refractivity contribution in [2.45, 2.75) is 140 Å². The molecule has 2 aromatic rings. The van der Waals surface area contributed by atoms with E-state index in [1.54, 1.807) is 45.9 Å². The number of nitrogens with zero attached hydrogens (tertiary/aromatic N) is 2. The predicted molar refractivity (Wildman–Crippen MR) is 223 cm³/mol. The lowest BCUT2D eigenvalue weighted by Crippen LogP contribution is -2.48. The molecule has 1 aromatic carbocycles. The molecule has 3 heterocycles. The van der Waals surface area contributed by atoms with Crippen molar-refractivity contribution in [2.24, 2.45) is 17.3 Å². The van der Waals surface area contributed by atoms with Crippen LogP contribution in [-0.2, 0) is 47.0 Å². The van der Waals surface area contributed by atoms with Crippen LogP contribution in [0.4, 0.5) is 0 Å². The number of benzene rings is 1. The Kier molecular flexibility index (Phi) is 12.7. The highest BCUT2D eigenvalue weighted by Crippen LogP contribution is 2.58. The van der Waals surface area contributed by atoms with Gasteiger partial charge in [0.2, 0.25) is 21.8 Å². The number of halogens is 1. The number of methoxy groups -OCH3 is 1. The number of aromatic nitrogens is 1. The maximum Gasteiger partial charge on any atom is 0.307 e. The number of aliphatic hydroxyl groups excluding tert-OH is 1. The zero-order chi connectivity index (χ0) is 43.1. The first-order chi connectivity index (χ1) is 27.8. The minimum Gasteiger partial charge on any atom is -0.495 e. The van der Waals surface area contributed by atoms with E-state index < -0.39 is 79.4 Å². The number of ketones is 1. The Morgan fingerprint density at radius 3 is 2.47 bits per heavy atom. The third-order valence-corrected chi connectivity index (χ3v) is 15.1. The summed E-state index contributed by atoms with van der Waals surface area (Å²) >= 11 is 6.83. The number of allylic oxidation sites excluding steroid dienone is 2. The Bertz CT molecular complexity index is 2150. The largest absolute Gasteiger partial charge is 0.495 e. The Morgan fingerprint density at radius 1 is 1.14 bits per heavy atom. The summed E-state index contributed by atoms with van der Waals surface area (Å²) in [4.78, 5) is 63.1. The number of likely N-dealkylation sites (tertiary alicyclic amines) is 1. The number of Topliss-reactive ketones (excluding diaryl/α,β-unsaturated/α-hetero) is 1. The maximum absolute atomic E-state index is 14.9. The second-order valence-electron chi connectivity index (χ2n) is 18.1. The minimum absolute atomic E-state index is 0.0193. The number of esters is 1. The number of carbonyl (C=O) groups excluding carboxylic acids is 4. The monoisotopic (exact) mass is 855 g/mol. The van der Waals surface area contributed by atoms with E-state index >= 15 is 0 Å². The molecule has 2 aliphatic carbocycles. The van der Waals surface area contributed by atoms with E-state index in [0.29, 0.717) is 65.9 Å². The zero-order valence-corrected chi connectivity index (χ0v) is 36.4. The number of sulfonamides is 1. The molecule has 15 heteroatoms. The molecule has 0 unspecified atom stereocenters. The number of nitrogens with one attached hydrogen (secondary N) is 1. The van der Waals surface area contributed by atoms with Crippen LogP contribution >= 0.6 is 11.6 Å². The standard InChI is InChI=1S/C44H58ClN3O10S/c1-8-10-11-12-13-14-27(21-35(51)57-41(3,4)5)39(52)48-26-43(18-17-29-36-30(15-16-34(56-7)37(36)45)46-31(25-49)38(29)58-43)23-32(48)33(50)24-44(22-28(44)9-2)40(53)47-59(54,55)42(6)19-20-42/h8-9,15-16,27-28,32,49H,1-2,10-14,17-26H2,3-7H3,(H,47,53)/t27-,28-,32+,43-,44-/m1/s1. The van der Waals surface area contributed by atoms with Crippen LogP contribution < -0.4 is 14.2 Å². The van der Waals surface area contributed by atoms with Crippen LogP contribution in [0, 0.1) is 17.3 Å². The van der Waals surface area contributed by atoms with Gasteiger partial charge in [0.1, 0.15) is 28.4 Å². The lowest BCUT2D eigenvalue weighted by atomic mass is 9.85. The molecule has 2 amide bonds. The van der Waals surface area contributed by atoms with Crippen molar-refractivity contribution in [3.63, 3.8) is 0 Å². The van der Waals surface area contributed by atoms with Crippen molar-refractivity contribution in [2.75, 3.05) is 13.7 Å². The highest BCUT2D eigenvalue weighted by Gasteiger charge is 2.63. The molecule has 6 rings (SSSR count). The summed E-state index contributed by atoms with van der Waals surface area (Å²) in [7, 11) is -2.48. The van der Waals surface area contributed by atoms with Crippen LogP contribution in [-0.4, -0.2) is 82.6 Å². The molecule has 3 fully saturated rings. The Labute approximate surface area is 352 Å². The summed E-state index contributed by atoms with van der Waals surface area (Å²) in [5.41, 5.74) is -1.71. The predicted octanol–water partition coefficient (Wildman–Crippen LogP) is 6.69. The van der Waals surface area contributed by atoms with E-state index in [-0.39, 0.29) is 37.9 Å². The van der Waals surface area contributed by atoms with Crippen LogP contribution in [0.3, 0.4) is 0 Å². The molecular weight excluding hydrogens is 798 g/mol. The van der Waals surface area contributed by atoms with Gasteiger partial charge in [0.05, 0.1) is 53.4 Å². The van der Waals surface area contributed by atoms with Crippen LogP contribution in [0.1, 0.15) is 116 Å². The minimum atomic E-state index is -3.99. The summed E-state index contributed by atoms with van der Waals surface area (Å²) in [6, 6.07) is 2.38. The van der Waals surface area contributed by atoms with E-state index in [0.717, 1.165) is 24.8 Å². The van der Waals surface area contributed by atoms with Crippen LogP contribution in [0.5, 0.6) is 11.5 Å². The van der Waals surface area contributed by atoms with Gasteiger partial charge in [-0.2, -0.15) is 0 Å². The second kappa shape index (κ2) is 16.8. The number of pyridine rings is 1. The molecule has 1 spiro atoms. The lowest BCUT2D eigenvalue weighted by Gasteiger charge is -2.37. The SMILES string of the molecule is C=CCCCCC[C@H](CC(=O)OC(C)(C)C)C(=O)N1C[C@@]2(CCc3c(c(CO)nc4ccc(OC)c(Cl)c34)O2)C[C@H]1C(=O)C[C@]1(C(=O)NS(=O)(=O)C2(C)CC2)C[C@H]1C=C. The normalized spacial score (nSPS) is 24.8. The van der Waals surface area contributed by atoms with Gasteiger partial charge in [-0.05, 0) is 97.1 Å². The molecule has 0 bridgehead atoms. The van der Waals surface area contributed by atoms with Crippen molar-refractivity contribution in [1.29, 1.82) is 0 Å². The fraction of sp³-hybridized carbons (Fsp3) is 0.614. The number of unbranched alkanes of at least 4 members (excludes halogenated alkanes) is 3.